The topological polar surface area (TPSA) is 97.0 Å². The molecule has 1 aromatic carbocycles. The van der Waals surface area contributed by atoms with Gasteiger partial charge in [-0.15, -0.1) is 0 Å². The van der Waals surface area contributed by atoms with Crippen molar-refractivity contribution in [2.45, 2.75) is 39.5 Å². The SMILES string of the molecule is C=C(C)COc1ccc2c(C)c(CCC(=O)N3CCC[C@@H](C(=O)O)C3)c(=O)oc2c1. The van der Waals surface area contributed by atoms with Crippen LogP contribution in [0.15, 0.2) is 39.6 Å². The Morgan fingerprint density at radius 1 is 1.37 bits per heavy atom. The van der Waals surface area contributed by atoms with Gasteiger partial charge in [-0.3, -0.25) is 9.59 Å². The van der Waals surface area contributed by atoms with Crippen molar-refractivity contribution in [3.05, 3.63) is 51.9 Å². The van der Waals surface area contributed by atoms with E-state index in [4.69, 9.17) is 9.15 Å². The number of piperidine rings is 1. The fraction of sp³-hybridized carbons (Fsp3) is 0.435. The number of carboxylic acids is 1. The maximum absolute atomic E-state index is 12.6. The number of aliphatic carboxylic acids is 1. The number of rotatable bonds is 7. The summed E-state index contributed by atoms with van der Waals surface area (Å²) in [6.07, 6.45) is 1.66. The van der Waals surface area contributed by atoms with E-state index in [9.17, 15) is 19.5 Å². The summed E-state index contributed by atoms with van der Waals surface area (Å²) in [6, 6.07) is 5.34. The van der Waals surface area contributed by atoms with Crippen molar-refractivity contribution < 1.29 is 23.8 Å². The first-order valence-corrected chi connectivity index (χ1v) is 10.1. The van der Waals surface area contributed by atoms with E-state index in [1.807, 2.05) is 26.0 Å². The molecule has 1 fully saturated rings. The molecule has 0 saturated carbocycles. The molecule has 2 heterocycles. The summed E-state index contributed by atoms with van der Waals surface area (Å²) in [7, 11) is 0. The fourth-order valence-electron chi connectivity index (χ4n) is 3.76. The molecule has 0 aliphatic carbocycles. The molecule has 3 rings (SSSR count). The minimum absolute atomic E-state index is 0.136. The number of hydrogen-bond acceptors (Lipinski definition) is 5. The van der Waals surface area contributed by atoms with Crippen LogP contribution < -0.4 is 10.4 Å². The highest BCUT2D eigenvalue weighted by atomic mass is 16.5. The average molecular weight is 413 g/mol. The summed E-state index contributed by atoms with van der Waals surface area (Å²) >= 11 is 0. The summed E-state index contributed by atoms with van der Waals surface area (Å²) in [5.74, 6) is -0.931. The van der Waals surface area contributed by atoms with Gasteiger partial charge >= 0.3 is 11.6 Å². The lowest BCUT2D eigenvalue weighted by Gasteiger charge is -2.30. The summed E-state index contributed by atoms with van der Waals surface area (Å²) in [5, 5.41) is 9.99. The quantitative estimate of drug-likeness (QED) is 0.553. The zero-order valence-corrected chi connectivity index (χ0v) is 17.4. The molecular weight excluding hydrogens is 386 g/mol. The highest BCUT2D eigenvalue weighted by Gasteiger charge is 2.28. The second-order valence-corrected chi connectivity index (χ2v) is 7.91. The van der Waals surface area contributed by atoms with Crippen LogP contribution in [0.2, 0.25) is 0 Å². The number of likely N-dealkylation sites (tertiary alicyclic amines) is 1. The van der Waals surface area contributed by atoms with Gasteiger partial charge in [-0.05, 0) is 56.4 Å². The van der Waals surface area contributed by atoms with E-state index in [0.29, 0.717) is 42.9 Å². The lowest BCUT2D eigenvalue weighted by Crippen LogP contribution is -2.42. The smallest absolute Gasteiger partial charge is 0.339 e. The molecule has 1 aromatic heterocycles. The van der Waals surface area contributed by atoms with Crippen LogP contribution in [0, 0.1) is 12.8 Å². The molecule has 0 spiro atoms. The lowest BCUT2D eigenvalue weighted by molar-refractivity contribution is -0.145. The van der Waals surface area contributed by atoms with Crippen molar-refractivity contribution in [2.24, 2.45) is 5.92 Å². The van der Waals surface area contributed by atoms with Crippen molar-refractivity contribution in [1.29, 1.82) is 0 Å². The minimum atomic E-state index is -0.870. The molecule has 1 aliphatic rings. The van der Waals surface area contributed by atoms with Crippen LogP contribution in [0.5, 0.6) is 5.75 Å². The second kappa shape index (κ2) is 9.15. The Balaban J connectivity index is 1.73. The van der Waals surface area contributed by atoms with Crippen LogP contribution in [-0.4, -0.2) is 41.6 Å². The monoisotopic (exact) mass is 413 g/mol. The normalized spacial score (nSPS) is 16.5. The van der Waals surface area contributed by atoms with Gasteiger partial charge in [-0.2, -0.15) is 0 Å². The number of amides is 1. The fourth-order valence-corrected chi connectivity index (χ4v) is 3.76. The summed E-state index contributed by atoms with van der Waals surface area (Å²) < 4.78 is 11.1. The lowest BCUT2D eigenvalue weighted by atomic mass is 9.97. The first kappa shape index (κ1) is 21.6. The van der Waals surface area contributed by atoms with Crippen molar-refractivity contribution in [3.63, 3.8) is 0 Å². The van der Waals surface area contributed by atoms with Crippen molar-refractivity contribution in [1.82, 2.24) is 4.90 Å². The number of carbonyl (C=O) groups excluding carboxylic acids is 1. The molecule has 0 bridgehead atoms. The van der Waals surface area contributed by atoms with Crippen molar-refractivity contribution in [2.75, 3.05) is 19.7 Å². The first-order valence-electron chi connectivity index (χ1n) is 10.1. The summed E-state index contributed by atoms with van der Waals surface area (Å²) in [4.78, 5) is 37.9. The average Bonchev–Trinajstić information content (AvgIpc) is 2.71. The molecule has 1 saturated heterocycles. The van der Waals surface area contributed by atoms with E-state index in [-0.39, 0.29) is 25.3 Å². The van der Waals surface area contributed by atoms with Crippen LogP contribution in [-0.2, 0) is 16.0 Å². The zero-order valence-electron chi connectivity index (χ0n) is 17.4. The molecule has 1 atom stereocenters. The number of aryl methyl sites for hydroxylation is 1. The van der Waals surface area contributed by atoms with Crippen LogP contribution in [0.3, 0.4) is 0 Å². The number of carbonyl (C=O) groups is 2. The van der Waals surface area contributed by atoms with Gasteiger partial charge in [0.05, 0.1) is 5.92 Å². The van der Waals surface area contributed by atoms with Gasteiger partial charge in [0.1, 0.15) is 17.9 Å². The predicted octanol–water partition coefficient (Wildman–Crippen LogP) is 3.31. The van der Waals surface area contributed by atoms with Crippen LogP contribution >= 0.6 is 0 Å². The van der Waals surface area contributed by atoms with Gasteiger partial charge in [0.2, 0.25) is 5.91 Å². The highest BCUT2D eigenvalue weighted by Crippen LogP contribution is 2.25. The molecule has 7 heteroatoms. The molecule has 2 aromatic rings. The van der Waals surface area contributed by atoms with Gasteiger partial charge in [0.15, 0.2) is 0 Å². The Morgan fingerprint density at radius 2 is 2.13 bits per heavy atom. The third kappa shape index (κ3) is 4.90. The molecule has 1 aliphatic heterocycles. The van der Waals surface area contributed by atoms with Gasteiger partial charge in [0.25, 0.3) is 0 Å². The van der Waals surface area contributed by atoms with Gasteiger partial charge in [-0.1, -0.05) is 6.58 Å². The highest BCUT2D eigenvalue weighted by molar-refractivity contribution is 5.83. The molecule has 1 amide bonds. The second-order valence-electron chi connectivity index (χ2n) is 7.91. The van der Waals surface area contributed by atoms with E-state index in [1.165, 1.54) is 0 Å². The third-order valence-electron chi connectivity index (χ3n) is 5.46. The van der Waals surface area contributed by atoms with E-state index in [2.05, 4.69) is 6.58 Å². The Bertz CT molecular complexity index is 1040. The first-order chi connectivity index (χ1) is 14.3. The Labute approximate surface area is 174 Å². The molecule has 1 N–H and O–H groups in total. The van der Waals surface area contributed by atoms with Gasteiger partial charge in [0, 0.05) is 36.5 Å². The minimum Gasteiger partial charge on any atom is -0.489 e. The van der Waals surface area contributed by atoms with E-state index >= 15 is 0 Å². The summed E-state index contributed by atoms with van der Waals surface area (Å²) in [5.41, 5.74) is 2.11. The number of benzene rings is 1. The third-order valence-corrected chi connectivity index (χ3v) is 5.46. The molecule has 0 unspecified atom stereocenters. The zero-order chi connectivity index (χ0) is 21.8. The predicted molar refractivity (Wildman–Crippen MR) is 113 cm³/mol. The maximum Gasteiger partial charge on any atom is 0.339 e. The standard InChI is InChI=1S/C23H27NO6/c1-14(2)13-29-17-6-7-18-15(3)19(23(28)30-20(18)11-17)8-9-21(25)24-10-4-5-16(12-24)22(26)27/h6-7,11,16H,1,4-5,8-10,12-13H2,2-3H3,(H,26,27)/t16-/m1/s1. The van der Waals surface area contributed by atoms with Gasteiger partial charge in [-0.25, -0.2) is 4.79 Å². The van der Waals surface area contributed by atoms with E-state index in [1.54, 1.807) is 11.0 Å². The number of ether oxygens (including phenoxy) is 1. The molecule has 7 nitrogen and oxygen atoms in total. The largest absolute Gasteiger partial charge is 0.489 e. The number of hydrogen-bond donors (Lipinski definition) is 1. The molecule has 30 heavy (non-hydrogen) atoms. The molecular formula is C23H27NO6. The maximum atomic E-state index is 12.6. The van der Waals surface area contributed by atoms with E-state index in [0.717, 1.165) is 16.5 Å². The van der Waals surface area contributed by atoms with Crippen LogP contribution in [0.1, 0.15) is 37.3 Å². The van der Waals surface area contributed by atoms with E-state index < -0.39 is 17.5 Å². The number of carboxylic acid groups (broad SMARTS) is 1. The molecule has 0 radical (unpaired) electrons. The summed E-state index contributed by atoms with van der Waals surface area (Å²) in [6.45, 7) is 8.67. The number of fused-ring (bicyclic) bond motifs is 1. The Morgan fingerprint density at radius 3 is 2.83 bits per heavy atom. The van der Waals surface area contributed by atoms with Crippen molar-refractivity contribution >= 4 is 22.8 Å². The van der Waals surface area contributed by atoms with Crippen LogP contribution in [0.4, 0.5) is 0 Å². The van der Waals surface area contributed by atoms with Crippen LogP contribution in [0.25, 0.3) is 11.0 Å². The Kier molecular flexibility index (Phi) is 6.59. The molecule has 160 valence electrons. The van der Waals surface area contributed by atoms with Crippen molar-refractivity contribution in [3.8, 4) is 5.75 Å². The number of nitrogens with zero attached hydrogens (tertiary/aromatic N) is 1. The van der Waals surface area contributed by atoms with Gasteiger partial charge < -0.3 is 19.2 Å². The Hall–Kier alpha value is -3.09.